The summed E-state index contributed by atoms with van der Waals surface area (Å²) in [5, 5.41) is 3.09. The third-order valence-corrected chi connectivity index (χ3v) is 3.04. The highest BCUT2D eigenvalue weighted by atomic mass is 16.5. The molecule has 2 rings (SSSR count). The van der Waals surface area contributed by atoms with Crippen molar-refractivity contribution in [2.45, 2.75) is 13.0 Å². The third kappa shape index (κ3) is 3.35. The van der Waals surface area contributed by atoms with Gasteiger partial charge in [-0.2, -0.15) is 0 Å². The maximum Gasteiger partial charge on any atom is 0.244 e. The van der Waals surface area contributed by atoms with Crippen molar-refractivity contribution in [1.29, 1.82) is 0 Å². The SMILES string of the molecule is COc1cccnc1NC(C)C(=O)N1CCOCC1. The van der Waals surface area contributed by atoms with Gasteiger partial charge in [0.15, 0.2) is 11.6 Å². The molecule has 1 aromatic rings. The summed E-state index contributed by atoms with van der Waals surface area (Å²) in [7, 11) is 1.58. The Bertz CT molecular complexity index is 433. The van der Waals surface area contributed by atoms with Crippen molar-refractivity contribution in [1.82, 2.24) is 9.88 Å². The molecule has 0 radical (unpaired) electrons. The van der Waals surface area contributed by atoms with Gasteiger partial charge in [0.1, 0.15) is 6.04 Å². The van der Waals surface area contributed by atoms with E-state index < -0.39 is 0 Å². The fourth-order valence-corrected chi connectivity index (χ4v) is 1.99. The van der Waals surface area contributed by atoms with Gasteiger partial charge in [-0.25, -0.2) is 4.98 Å². The highest BCUT2D eigenvalue weighted by Crippen LogP contribution is 2.21. The molecule has 1 amide bonds. The Morgan fingerprint density at radius 1 is 1.53 bits per heavy atom. The number of pyridine rings is 1. The number of methoxy groups -OCH3 is 1. The molecule has 0 saturated carbocycles. The van der Waals surface area contributed by atoms with E-state index in [-0.39, 0.29) is 11.9 Å². The van der Waals surface area contributed by atoms with Crippen molar-refractivity contribution < 1.29 is 14.3 Å². The van der Waals surface area contributed by atoms with E-state index in [1.165, 1.54) is 0 Å². The average Bonchev–Trinajstić information content (AvgIpc) is 2.48. The quantitative estimate of drug-likeness (QED) is 0.870. The second-order valence-corrected chi connectivity index (χ2v) is 4.36. The molecule has 6 heteroatoms. The molecule has 1 aliphatic heterocycles. The number of amides is 1. The number of carbonyl (C=O) groups is 1. The number of hydrogen-bond donors (Lipinski definition) is 1. The standard InChI is InChI=1S/C13H19N3O3/c1-10(13(17)16-6-8-19-9-7-16)15-12-11(18-2)4-3-5-14-12/h3-5,10H,6-9H2,1-2H3,(H,14,15). The smallest absolute Gasteiger partial charge is 0.244 e. The van der Waals surface area contributed by atoms with Gasteiger partial charge in [-0.1, -0.05) is 0 Å². The van der Waals surface area contributed by atoms with Crippen LogP contribution in [-0.4, -0.2) is 55.2 Å². The number of carbonyl (C=O) groups excluding carboxylic acids is 1. The molecule has 2 heterocycles. The van der Waals surface area contributed by atoms with Gasteiger partial charge in [-0.05, 0) is 19.1 Å². The van der Waals surface area contributed by atoms with Gasteiger partial charge in [-0.3, -0.25) is 4.79 Å². The molecule has 19 heavy (non-hydrogen) atoms. The predicted molar refractivity (Wildman–Crippen MR) is 71.3 cm³/mol. The highest BCUT2D eigenvalue weighted by molar-refractivity contribution is 5.84. The topological polar surface area (TPSA) is 63.7 Å². The maximum absolute atomic E-state index is 12.2. The van der Waals surface area contributed by atoms with Gasteiger partial charge in [0, 0.05) is 19.3 Å². The normalized spacial score (nSPS) is 16.8. The van der Waals surface area contributed by atoms with Crippen LogP contribution in [0.5, 0.6) is 5.75 Å². The van der Waals surface area contributed by atoms with Crippen LogP contribution < -0.4 is 10.1 Å². The fraction of sp³-hybridized carbons (Fsp3) is 0.538. The summed E-state index contributed by atoms with van der Waals surface area (Å²) in [5.74, 6) is 1.26. The summed E-state index contributed by atoms with van der Waals surface area (Å²) in [4.78, 5) is 18.2. The average molecular weight is 265 g/mol. The Morgan fingerprint density at radius 2 is 2.26 bits per heavy atom. The molecule has 104 valence electrons. The minimum Gasteiger partial charge on any atom is -0.493 e. The fourth-order valence-electron chi connectivity index (χ4n) is 1.99. The van der Waals surface area contributed by atoms with E-state index >= 15 is 0 Å². The summed E-state index contributed by atoms with van der Waals surface area (Å²) in [6.45, 7) is 4.32. The summed E-state index contributed by atoms with van der Waals surface area (Å²) < 4.78 is 10.4. The molecule has 0 aliphatic carbocycles. The van der Waals surface area contributed by atoms with Gasteiger partial charge in [-0.15, -0.1) is 0 Å². The van der Waals surface area contributed by atoms with Crippen LogP contribution in [0.15, 0.2) is 18.3 Å². The first kappa shape index (κ1) is 13.6. The van der Waals surface area contributed by atoms with E-state index in [2.05, 4.69) is 10.3 Å². The van der Waals surface area contributed by atoms with E-state index in [1.54, 1.807) is 30.3 Å². The zero-order valence-electron chi connectivity index (χ0n) is 11.3. The summed E-state index contributed by atoms with van der Waals surface area (Å²) in [5.41, 5.74) is 0. The second-order valence-electron chi connectivity index (χ2n) is 4.36. The molecule has 1 unspecified atom stereocenters. The number of aromatic nitrogens is 1. The molecule has 0 aromatic carbocycles. The van der Waals surface area contributed by atoms with Crippen LogP contribution in [-0.2, 0) is 9.53 Å². The number of rotatable bonds is 4. The first-order valence-electron chi connectivity index (χ1n) is 6.34. The number of anilines is 1. The van der Waals surface area contributed by atoms with Crippen LogP contribution in [0, 0.1) is 0 Å². The van der Waals surface area contributed by atoms with Gasteiger partial charge >= 0.3 is 0 Å². The number of nitrogens with one attached hydrogen (secondary N) is 1. The Labute approximate surface area is 112 Å². The van der Waals surface area contributed by atoms with E-state index in [0.717, 1.165) is 0 Å². The van der Waals surface area contributed by atoms with Crippen molar-refractivity contribution in [2.24, 2.45) is 0 Å². The van der Waals surface area contributed by atoms with Gasteiger partial charge in [0.2, 0.25) is 5.91 Å². The van der Waals surface area contributed by atoms with Crippen molar-refractivity contribution in [2.75, 3.05) is 38.7 Å². The first-order chi connectivity index (χ1) is 9.22. The van der Waals surface area contributed by atoms with Crippen LogP contribution >= 0.6 is 0 Å². The lowest BCUT2D eigenvalue weighted by Crippen LogP contribution is -2.47. The number of hydrogen-bond acceptors (Lipinski definition) is 5. The summed E-state index contributed by atoms with van der Waals surface area (Å²) >= 11 is 0. The van der Waals surface area contributed by atoms with Crippen LogP contribution in [0.3, 0.4) is 0 Å². The lowest BCUT2D eigenvalue weighted by molar-refractivity contribution is -0.135. The number of morpholine rings is 1. The molecule has 0 spiro atoms. The minimum absolute atomic E-state index is 0.0519. The molecule has 1 aromatic heterocycles. The molecular formula is C13H19N3O3. The Morgan fingerprint density at radius 3 is 2.95 bits per heavy atom. The van der Waals surface area contributed by atoms with Crippen LogP contribution in [0.4, 0.5) is 5.82 Å². The van der Waals surface area contributed by atoms with Gasteiger partial charge in [0.25, 0.3) is 0 Å². The lowest BCUT2D eigenvalue weighted by atomic mass is 10.2. The summed E-state index contributed by atoms with van der Waals surface area (Å²) in [6.07, 6.45) is 1.66. The molecule has 1 saturated heterocycles. The van der Waals surface area contributed by atoms with Crippen LogP contribution in [0.25, 0.3) is 0 Å². The van der Waals surface area contributed by atoms with E-state index in [1.807, 2.05) is 6.92 Å². The Balaban J connectivity index is 1.99. The summed E-state index contributed by atoms with van der Waals surface area (Å²) in [6, 6.07) is 3.25. The zero-order chi connectivity index (χ0) is 13.7. The third-order valence-electron chi connectivity index (χ3n) is 3.04. The molecule has 1 N–H and O–H groups in total. The first-order valence-corrected chi connectivity index (χ1v) is 6.34. The van der Waals surface area contributed by atoms with Gasteiger partial charge < -0.3 is 19.7 Å². The molecule has 6 nitrogen and oxygen atoms in total. The number of ether oxygens (including phenoxy) is 2. The maximum atomic E-state index is 12.2. The molecule has 1 fully saturated rings. The Hall–Kier alpha value is -1.82. The van der Waals surface area contributed by atoms with Gasteiger partial charge in [0.05, 0.1) is 20.3 Å². The van der Waals surface area contributed by atoms with E-state index in [0.29, 0.717) is 37.9 Å². The largest absolute Gasteiger partial charge is 0.493 e. The lowest BCUT2D eigenvalue weighted by Gasteiger charge is -2.29. The second kappa shape index (κ2) is 6.38. The van der Waals surface area contributed by atoms with Crippen molar-refractivity contribution in [3.8, 4) is 5.75 Å². The van der Waals surface area contributed by atoms with E-state index in [9.17, 15) is 4.79 Å². The van der Waals surface area contributed by atoms with Crippen molar-refractivity contribution in [3.63, 3.8) is 0 Å². The van der Waals surface area contributed by atoms with Crippen LogP contribution in [0.2, 0.25) is 0 Å². The molecular weight excluding hydrogens is 246 g/mol. The van der Waals surface area contributed by atoms with E-state index in [4.69, 9.17) is 9.47 Å². The molecule has 0 bridgehead atoms. The van der Waals surface area contributed by atoms with Crippen molar-refractivity contribution in [3.05, 3.63) is 18.3 Å². The predicted octanol–water partition coefficient (Wildman–Crippen LogP) is 0.749. The highest BCUT2D eigenvalue weighted by Gasteiger charge is 2.23. The monoisotopic (exact) mass is 265 g/mol. The van der Waals surface area contributed by atoms with Crippen LogP contribution in [0.1, 0.15) is 6.92 Å². The number of nitrogens with zero attached hydrogens (tertiary/aromatic N) is 2. The molecule has 1 atom stereocenters. The minimum atomic E-state index is -0.345. The molecule has 1 aliphatic rings. The van der Waals surface area contributed by atoms with Crippen molar-refractivity contribution >= 4 is 11.7 Å². The Kier molecular flexibility index (Phi) is 4.57. The zero-order valence-corrected chi connectivity index (χ0v) is 11.3.